The van der Waals surface area contributed by atoms with E-state index in [-0.39, 0.29) is 17.9 Å². The molecule has 1 amide bonds. The normalized spacial score (nSPS) is 11.6. The standard InChI is InChI=1S/C16H22N2O2S2/c1-3-16(4-2,7-8-19)11-18-14(20)13-10-17-15(22-13)12-6-5-9-21-12/h5-6,9-10,19H,3-4,7-8,11H2,1-2H3,(H,18,20). The number of rotatable bonds is 8. The Labute approximate surface area is 139 Å². The van der Waals surface area contributed by atoms with E-state index in [0.717, 1.165) is 22.7 Å². The Morgan fingerprint density at radius 1 is 1.41 bits per heavy atom. The number of carbonyl (C=O) groups excluding carboxylic acids is 1. The number of nitrogens with zero attached hydrogens (tertiary/aromatic N) is 1. The molecule has 0 aliphatic carbocycles. The van der Waals surface area contributed by atoms with Crippen molar-refractivity contribution in [3.63, 3.8) is 0 Å². The van der Waals surface area contributed by atoms with Gasteiger partial charge in [0.2, 0.25) is 0 Å². The number of aliphatic hydroxyl groups excluding tert-OH is 1. The van der Waals surface area contributed by atoms with E-state index >= 15 is 0 Å². The molecule has 2 aromatic heterocycles. The molecule has 22 heavy (non-hydrogen) atoms. The highest BCUT2D eigenvalue weighted by molar-refractivity contribution is 7.21. The molecule has 2 N–H and O–H groups in total. The predicted molar refractivity (Wildman–Crippen MR) is 92.5 cm³/mol. The molecule has 120 valence electrons. The molecule has 0 saturated heterocycles. The van der Waals surface area contributed by atoms with E-state index in [1.807, 2.05) is 17.5 Å². The maximum absolute atomic E-state index is 12.3. The van der Waals surface area contributed by atoms with Gasteiger partial charge in [-0.25, -0.2) is 4.98 Å². The molecule has 2 heterocycles. The van der Waals surface area contributed by atoms with Gasteiger partial charge >= 0.3 is 0 Å². The number of hydrogen-bond acceptors (Lipinski definition) is 5. The first-order chi connectivity index (χ1) is 10.6. The zero-order valence-electron chi connectivity index (χ0n) is 13.0. The molecule has 0 aliphatic heterocycles. The molecule has 0 aliphatic rings. The fourth-order valence-electron chi connectivity index (χ4n) is 2.43. The van der Waals surface area contributed by atoms with Crippen LogP contribution in [-0.4, -0.2) is 29.1 Å². The van der Waals surface area contributed by atoms with Crippen LogP contribution in [0.25, 0.3) is 9.88 Å². The summed E-state index contributed by atoms with van der Waals surface area (Å²) in [7, 11) is 0. The molecule has 0 radical (unpaired) electrons. The number of hydrogen-bond donors (Lipinski definition) is 2. The highest BCUT2D eigenvalue weighted by Crippen LogP contribution is 2.31. The molecule has 0 spiro atoms. The fraction of sp³-hybridized carbons (Fsp3) is 0.500. The second kappa shape index (κ2) is 7.85. The van der Waals surface area contributed by atoms with E-state index < -0.39 is 0 Å². The minimum Gasteiger partial charge on any atom is -0.396 e. The van der Waals surface area contributed by atoms with Crippen molar-refractivity contribution in [1.29, 1.82) is 0 Å². The Hall–Kier alpha value is -1.24. The van der Waals surface area contributed by atoms with E-state index in [1.165, 1.54) is 11.3 Å². The third-order valence-corrected chi connectivity index (χ3v) is 6.26. The first-order valence-electron chi connectivity index (χ1n) is 7.53. The Bertz CT molecular complexity index is 589. The van der Waals surface area contributed by atoms with E-state index in [4.69, 9.17) is 0 Å². The lowest BCUT2D eigenvalue weighted by Crippen LogP contribution is -2.37. The van der Waals surface area contributed by atoms with Crippen LogP contribution in [-0.2, 0) is 0 Å². The summed E-state index contributed by atoms with van der Waals surface area (Å²) >= 11 is 3.04. The summed E-state index contributed by atoms with van der Waals surface area (Å²) in [6.45, 7) is 4.95. The van der Waals surface area contributed by atoms with Gasteiger partial charge in [-0.15, -0.1) is 22.7 Å². The van der Waals surface area contributed by atoms with E-state index in [2.05, 4.69) is 24.1 Å². The van der Waals surface area contributed by atoms with Crippen LogP contribution in [0.15, 0.2) is 23.7 Å². The van der Waals surface area contributed by atoms with Gasteiger partial charge in [0.25, 0.3) is 5.91 Å². The lowest BCUT2D eigenvalue weighted by Gasteiger charge is -2.31. The number of aromatic nitrogens is 1. The van der Waals surface area contributed by atoms with E-state index in [9.17, 15) is 9.90 Å². The summed E-state index contributed by atoms with van der Waals surface area (Å²) in [5.74, 6) is -0.0791. The van der Waals surface area contributed by atoms with Gasteiger partial charge in [0, 0.05) is 13.2 Å². The van der Waals surface area contributed by atoms with Gasteiger partial charge in [-0.1, -0.05) is 19.9 Å². The van der Waals surface area contributed by atoms with Crippen molar-refractivity contribution < 1.29 is 9.90 Å². The van der Waals surface area contributed by atoms with Gasteiger partial charge in [-0.2, -0.15) is 0 Å². The highest BCUT2D eigenvalue weighted by atomic mass is 32.1. The summed E-state index contributed by atoms with van der Waals surface area (Å²) in [5, 5.41) is 15.1. The molecule has 0 unspecified atom stereocenters. The van der Waals surface area contributed by atoms with Crippen LogP contribution in [0, 0.1) is 5.41 Å². The number of carbonyl (C=O) groups is 1. The van der Waals surface area contributed by atoms with Crippen molar-refractivity contribution in [2.24, 2.45) is 5.41 Å². The molecule has 0 aromatic carbocycles. The number of thiophene rings is 1. The lowest BCUT2D eigenvalue weighted by atomic mass is 9.79. The minimum atomic E-state index is -0.0791. The molecule has 2 rings (SSSR count). The van der Waals surface area contributed by atoms with Crippen LogP contribution in [0.5, 0.6) is 0 Å². The maximum Gasteiger partial charge on any atom is 0.263 e. The molecule has 0 bridgehead atoms. The SMILES string of the molecule is CCC(CC)(CCO)CNC(=O)c1cnc(-c2cccs2)s1. The van der Waals surface area contributed by atoms with Crippen molar-refractivity contribution in [3.05, 3.63) is 28.6 Å². The van der Waals surface area contributed by atoms with Crippen molar-refractivity contribution in [3.8, 4) is 9.88 Å². The average Bonchev–Trinajstić information content (AvgIpc) is 3.21. The molecular weight excluding hydrogens is 316 g/mol. The molecule has 2 aromatic rings. The summed E-state index contributed by atoms with van der Waals surface area (Å²) in [5.41, 5.74) is -0.0221. The summed E-state index contributed by atoms with van der Waals surface area (Å²) < 4.78 is 0. The van der Waals surface area contributed by atoms with Crippen molar-refractivity contribution >= 4 is 28.6 Å². The van der Waals surface area contributed by atoms with Gasteiger partial charge < -0.3 is 10.4 Å². The maximum atomic E-state index is 12.3. The van der Waals surface area contributed by atoms with Crippen molar-refractivity contribution in [2.75, 3.05) is 13.2 Å². The summed E-state index contributed by atoms with van der Waals surface area (Å²) in [6, 6.07) is 3.98. The molecule has 0 atom stereocenters. The minimum absolute atomic E-state index is 0.0221. The predicted octanol–water partition coefficient (Wildman–Crippen LogP) is 3.79. The average molecular weight is 338 g/mol. The Balaban J connectivity index is 2.00. The first-order valence-corrected chi connectivity index (χ1v) is 9.22. The topological polar surface area (TPSA) is 62.2 Å². The van der Waals surface area contributed by atoms with E-state index in [0.29, 0.717) is 17.8 Å². The highest BCUT2D eigenvalue weighted by Gasteiger charge is 2.26. The van der Waals surface area contributed by atoms with Crippen LogP contribution in [0.4, 0.5) is 0 Å². The number of amides is 1. The molecule has 6 heteroatoms. The third-order valence-electron chi connectivity index (χ3n) is 4.23. The smallest absolute Gasteiger partial charge is 0.263 e. The van der Waals surface area contributed by atoms with E-state index in [1.54, 1.807) is 17.5 Å². The van der Waals surface area contributed by atoms with Crippen molar-refractivity contribution in [1.82, 2.24) is 10.3 Å². The number of thiazole rings is 1. The Morgan fingerprint density at radius 2 is 2.18 bits per heavy atom. The second-order valence-electron chi connectivity index (χ2n) is 5.37. The number of aliphatic hydroxyl groups is 1. The zero-order chi connectivity index (χ0) is 16.0. The largest absolute Gasteiger partial charge is 0.396 e. The zero-order valence-corrected chi connectivity index (χ0v) is 14.6. The fourth-order valence-corrected chi connectivity index (χ4v) is 4.06. The Morgan fingerprint density at radius 3 is 2.77 bits per heavy atom. The van der Waals surface area contributed by atoms with Gasteiger partial charge in [0.1, 0.15) is 9.88 Å². The lowest BCUT2D eigenvalue weighted by molar-refractivity contribution is 0.0911. The molecular formula is C16H22N2O2S2. The van der Waals surface area contributed by atoms with Gasteiger partial charge in [0.05, 0.1) is 11.1 Å². The van der Waals surface area contributed by atoms with Crippen LogP contribution in [0.2, 0.25) is 0 Å². The third kappa shape index (κ3) is 3.94. The Kier molecular flexibility index (Phi) is 6.11. The summed E-state index contributed by atoms with van der Waals surface area (Å²) in [4.78, 5) is 18.4. The molecule has 0 saturated carbocycles. The summed E-state index contributed by atoms with van der Waals surface area (Å²) in [6.07, 6.45) is 4.23. The van der Waals surface area contributed by atoms with Crippen LogP contribution in [0.1, 0.15) is 42.8 Å². The van der Waals surface area contributed by atoms with Crippen LogP contribution < -0.4 is 5.32 Å². The quantitative estimate of drug-likeness (QED) is 0.770. The second-order valence-corrected chi connectivity index (χ2v) is 7.35. The number of nitrogens with one attached hydrogen (secondary N) is 1. The molecule has 0 fully saturated rings. The van der Waals surface area contributed by atoms with Crippen LogP contribution in [0.3, 0.4) is 0 Å². The van der Waals surface area contributed by atoms with Gasteiger partial charge in [0.15, 0.2) is 0 Å². The van der Waals surface area contributed by atoms with Gasteiger partial charge in [-0.3, -0.25) is 4.79 Å². The first kappa shape index (κ1) is 17.1. The molecule has 4 nitrogen and oxygen atoms in total. The van der Waals surface area contributed by atoms with Gasteiger partial charge in [-0.05, 0) is 36.1 Å². The van der Waals surface area contributed by atoms with Crippen LogP contribution >= 0.6 is 22.7 Å². The monoisotopic (exact) mass is 338 g/mol. The van der Waals surface area contributed by atoms with Crippen molar-refractivity contribution in [2.45, 2.75) is 33.1 Å².